The first-order chi connectivity index (χ1) is 29.8. The van der Waals surface area contributed by atoms with Gasteiger partial charge in [0, 0.05) is 0 Å². The van der Waals surface area contributed by atoms with Crippen molar-refractivity contribution in [2.75, 3.05) is 0 Å². The molecular weight excluding hydrogens is 721 g/mol. The van der Waals surface area contributed by atoms with Crippen molar-refractivity contribution in [2.24, 2.45) is 0 Å². The third-order valence-electron chi connectivity index (χ3n) is 13.2. The Labute approximate surface area is 346 Å². The van der Waals surface area contributed by atoms with Gasteiger partial charge in [-0.15, -0.1) is 0 Å². The molecule has 0 aliphatic carbocycles. The zero-order chi connectivity index (χ0) is 39.3. The van der Waals surface area contributed by atoms with E-state index < -0.39 is 0 Å². The Morgan fingerprint density at radius 2 is 0.400 bits per heavy atom. The molecule has 0 amide bonds. The number of hydrogen-bond donors (Lipinski definition) is 0. The Hall–Kier alpha value is -7.80. The molecule has 60 heavy (non-hydrogen) atoms. The topological polar surface area (TPSA) is 0 Å². The zero-order valence-corrected chi connectivity index (χ0v) is 32.8. The predicted octanol–water partition coefficient (Wildman–Crippen LogP) is 17.2. The fourth-order valence-corrected chi connectivity index (χ4v) is 10.6. The van der Waals surface area contributed by atoms with E-state index >= 15 is 0 Å². The van der Waals surface area contributed by atoms with Crippen LogP contribution in [0, 0.1) is 0 Å². The summed E-state index contributed by atoms with van der Waals surface area (Å²) in [6, 6.07) is 79.4. The molecule has 0 aliphatic heterocycles. The fraction of sp³-hybridized carbons (Fsp3) is 0. The van der Waals surface area contributed by atoms with Crippen LogP contribution in [0.5, 0.6) is 0 Å². The summed E-state index contributed by atoms with van der Waals surface area (Å²) in [5, 5.41) is 32.6. The molecule has 276 valence electrons. The molecule has 0 saturated carbocycles. The summed E-state index contributed by atoms with van der Waals surface area (Å²) in [5.41, 5.74) is 0. The van der Waals surface area contributed by atoms with Gasteiger partial charge in [0.2, 0.25) is 0 Å². The summed E-state index contributed by atoms with van der Waals surface area (Å²) in [5.74, 6) is 0. The number of benzene rings is 15. The second-order valence-corrected chi connectivity index (χ2v) is 16.3. The van der Waals surface area contributed by atoms with Crippen molar-refractivity contribution >= 4 is 129 Å². The van der Waals surface area contributed by atoms with Crippen molar-refractivity contribution in [3.8, 4) is 0 Å². The molecule has 0 saturated heterocycles. The minimum absolute atomic E-state index is 1.32. The van der Waals surface area contributed by atoms with Gasteiger partial charge in [-0.05, 0) is 135 Å². The third-order valence-corrected chi connectivity index (χ3v) is 13.2. The van der Waals surface area contributed by atoms with Crippen LogP contribution in [-0.2, 0) is 0 Å². The Balaban J connectivity index is 0.0000000926. The van der Waals surface area contributed by atoms with E-state index in [1.807, 2.05) is 0 Å². The quantitative estimate of drug-likeness (QED) is 0.107. The van der Waals surface area contributed by atoms with Crippen LogP contribution in [0.2, 0.25) is 0 Å². The van der Waals surface area contributed by atoms with E-state index in [0.717, 1.165) is 0 Å². The van der Waals surface area contributed by atoms with E-state index in [9.17, 15) is 0 Å². The predicted molar refractivity (Wildman–Crippen MR) is 263 cm³/mol. The van der Waals surface area contributed by atoms with Gasteiger partial charge in [-0.3, -0.25) is 0 Å². The minimum Gasteiger partial charge on any atom is -0.0616 e. The molecule has 0 radical (unpaired) electrons. The van der Waals surface area contributed by atoms with Crippen LogP contribution in [0.4, 0.5) is 0 Å². The van der Waals surface area contributed by atoms with Crippen molar-refractivity contribution in [1.29, 1.82) is 0 Å². The summed E-state index contributed by atoms with van der Waals surface area (Å²) in [6.45, 7) is 0. The van der Waals surface area contributed by atoms with Gasteiger partial charge in [0.15, 0.2) is 0 Å². The molecule has 0 bridgehead atoms. The summed E-state index contributed by atoms with van der Waals surface area (Å²) in [7, 11) is 0. The van der Waals surface area contributed by atoms with E-state index in [0.29, 0.717) is 0 Å². The first kappa shape index (κ1) is 33.2. The van der Waals surface area contributed by atoms with E-state index in [-0.39, 0.29) is 0 Å². The van der Waals surface area contributed by atoms with Gasteiger partial charge in [-0.25, -0.2) is 0 Å². The molecule has 0 aliphatic rings. The summed E-state index contributed by atoms with van der Waals surface area (Å²) >= 11 is 0. The molecule has 0 aromatic heterocycles. The molecule has 15 rings (SSSR count). The van der Waals surface area contributed by atoms with Crippen LogP contribution < -0.4 is 0 Å². The summed E-state index contributed by atoms with van der Waals surface area (Å²) in [4.78, 5) is 0. The fourth-order valence-electron chi connectivity index (χ4n) is 10.6. The second-order valence-electron chi connectivity index (χ2n) is 16.3. The highest BCUT2D eigenvalue weighted by Gasteiger charge is 2.14. The first-order valence-corrected chi connectivity index (χ1v) is 20.9. The first-order valence-electron chi connectivity index (χ1n) is 20.9. The average molecular weight is 757 g/mol. The smallest absolute Gasteiger partial charge is 0.00203 e. The van der Waals surface area contributed by atoms with Gasteiger partial charge in [-0.1, -0.05) is 212 Å². The lowest BCUT2D eigenvalue weighted by Gasteiger charge is -2.14. The lowest BCUT2D eigenvalue weighted by atomic mass is 9.89. The van der Waals surface area contributed by atoms with Gasteiger partial charge < -0.3 is 0 Å². The van der Waals surface area contributed by atoms with Gasteiger partial charge in [0.25, 0.3) is 0 Å². The molecule has 0 fully saturated rings. The summed E-state index contributed by atoms with van der Waals surface area (Å²) in [6.07, 6.45) is 0. The molecule has 15 aromatic carbocycles. The molecular formula is C60H36. The highest BCUT2D eigenvalue weighted by molar-refractivity contribution is 6.35. The lowest BCUT2D eigenvalue weighted by molar-refractivity contribution is 1.78. The van der Waals surface area contributed by atoms with Crippen molar-refractivity contribution in [3.05, 3.63) is 218 Å². The highest BCUT2D eigenvalue weighted by atomic mass is 14.2. The zero-order valence-electron chi connectivity index (χ0n) is 32.8. The largest absolute Gasteiger partial charge is 0.0616 e. The maximum Gasteiger partial charge on any atom is -0.00203 e. The Bertz CT molecular complexity index is 3820. The summed E-state index contributed by atoms with van der Waals surface area (Å²) < 4.78 is 0. The van der Waals surface area contributed by atoms with Crippen LogP contribution in [-0.4, -0.2) is 0 Å². The molecule has 0 nitrogen and oxygen atoms in total. The number of hydrogen-bond acceptors (Lipinski definition) is 0. The normalized spacial score (nSPS) is 12.0. The van der Waals surface area contributed by atoms with Crippen molar-refractivity contribution in [1.82, 2.24) is 0 Å². The number of fused-ring (bicyclic) bond motifs is 7. The van der Waals surface area contributed by atoms with Gasteiger partial charge in [0.1, 0.15) is 0 Å². The lowest BCUT2D eigenvalue weighted by Crippen LogP contribution is -1.86. The van der Waals surface area contributed by atoms with Crippen LogP contribution in [0.15, 0.2) is 218 Å². The molecule has 0 N–H and O–H groups in total. The molecule has 0 unspecified atom stereocenters. The van der Waals surface area contributed by atoms with Crippen LogP contribution in [0.25, 0.3) is 129 Å². The molecule has 15 aromatic rings. The molecule has 0 spiro atoms. The SMILES string of the molecule is c1cc2cccc3c4cccc5cccc(c(c1)c23)c54.c1ccc2c(c1)c1cccc3ccc4cccc2c4c31.c1ccc2c(c1)cc1ccc3cccc4ccc2c1c34. The maximum atomic E-state index is 2.31. The van der Waals surface area contributed by atoms with Crippen LogP contribution in [0.3, 0.4) is 0 Å². The van der Waals surface area contributed by atoms with E-state index in [1.165, 1.54) is 129 Å². The second kappa shape index (κ2) is 12.9. The van der Waals surface area contributed by atoms with E-state index in [4.69, 9.17) is 0 Å². The van der Waals surface area contributed by atoms with Crippen molar-refractivity contribution in [2.45, 2.75) is 0 Å². The van der Waals surface area contributed by atoms with E-state index in [1.54, 1.807) is 0 Å². The maximum absolute atomic E-state index is 2.31. The Morgan fingerprint density at radius 1 is 0.133 bits per heavy atom. The Kier molecular flexibility index (Phi) is 7.11. The van der Waals surface area contributed by atoms with Gasteiger partial charge >= 0.3 is 0 Å². The minimum atomic E-state index is 1.32. The molecule has 0 atom stereocenters. The average Bonchev–Trinajstić information content (AvgIpc) is 3.32. The highest BCUT2D eigenvalue weighted by Crippen LogP contribution is 2.42. The van der Waals surface area contributed by atoms with Crippen LogP contribution >= 0.6 is 0 Å². The molecule has 0 heteroatoms. The molecule has 0 heterocycles. The van der Waals surface area contributed by atoms with Gasteiger partial charge in [-0.2, -0.15) is 0 Å². The monoisotopic (exact) mass is 756 g/mol. The van der Waals surface area contributed by atoms with Crippen molar-refractivity contribution in [3.63, 3.8) is 0 Å². The van der Waals surface area contributed by atoms with E-state index in [2.05, 4.69) is 218 Å². The van der Waals surface area contributed by atoms with Gasteiger partial charge in [0.05, 0.1) is 0 Å². The third kappa shape index (κ3) is 4.79. The van der Waals surface area contributed by atoms with Crippen LogP contribution in [0.1, 0.15) is 0 Å². The standard InChI is InChI=1S/3C20H12/c1-5-13-6-2-11-17-18-12-4-8-14-7-3-10-16(20(14)18)15(9-1)19(13)17;1-2-8-16-15(7-1)17-9-3-5-13-11-12-14-6-4-10-18(16)20(14)19(13)17;1-2-7-17-15(4-1)12-16-9-8-13-5-3-6-14-10-11-18(17)20(16)19(13)14/h3*1-12H. The Morgan fingerprint density at radius 3 is 0.867 bits per heavy atom. The number of rotatable bonds is 0. The van der Waals surface area contributed by atoms with Crippen molar-refractivity contribution < 1.29 is 0 Å².